The molecule has 3 rings (SSSR count). The van der Waals surface area contributed by atoms with Gasteiger partial charge in [0, 0.05) is 18.0 Å². The van der Waals surface area contributed by atoms with Crippen molar-refractivity contribution in [2.24, 2.45) is 0 Å². The highest BCUT2D eigenvalue weighted by atomic mass is 19.1. The van der Waals surface area contributed by atoms with Crippen molar-refractivity contribution in [3.8, 4) is 11.5 Å². The Balaban J connectivity index is 1.72. The quantitative estimate of drug-likeness (QED) is 0.922. The van der Waals surface area contributed by atoms with E-state index in [4.69, 9.17) is 4.42 Å². The lowest BCUT2D eigenvalue weighted by atomic mass is 10.0. The van der Waals surface area contributed by atoms with E-state index in [0.29, 0.717) is 23.4 Å². The van der Waals surface area contributed by atoms with Crippen molar-refractivity contribution in [1.29, 1.82) is 0 Å². The van der Waals surface area contributed by atoms with Crippen LogP contribution in [0.5, 0.6) is 0 Å². The highest BCUT2D eigenvalue weighted by Gasteiger charge is 2.17. The molecule has 0 bridgehead atoms. The molecule has 2 aromatic rings. The normalized spacial score (nSPS) is 19.5. The number of nitrogens with zero attached hydrogens (tertiary/aromatic N) is 2. The Morgan fingerprint density at radius 3 is 3.05 bits per heavy atom. The molecule has 0 spiro atoms. The maximum Gasteiger partial charge on any atom is 0.247 e. The summed E-state index contributed by atoms with van der Waals surface area (Å²) >= 11 is 0. The second-order valence-corrected chi connectivity index (χ2v) is 4.86. The Morgan fingerprint density at radius 2 is 2.26 bits per heavy atom. The number of nitrogens with one attached hydrogen (secondary N) is 1. The lowest BCUT2D eigenvalue weighted by molar-refractivity contribution is 0.369. The van der Waals surface area contributed by atoms with E-state index in [2.05, 4.69) is 15.5 Å². The molecule has 0 saturated carbocycles. The minimum absolute atomic E-state index is 0.300. The summed E-state index contributed by atoms with van der Waals surface area (Å²) in [4.78, 5) is 0. The molecule has 0 aliphatic carbocycles. The van der Waals surface area contributed by atoms with Gasteiger partial charge in [0.15, 0.2) is 0 Å². The van der Waals surface area contributed by atoms with Crippen LogP contribution in [0.3, 0.4) is 0 Å². The molecular formula is C14H16FN3O. The van der Waals surface area contributed by atoms with E-state index in [-0.39, 0.29) is 5.82 Å². The van der Waals surface area contributed by atoms with Crippen LogP contribution in [0.1, 0.15) is 25.2 Å². The Bertz CT molecular complexity index is 549. The van der Waals surface area contributed by atoms with E-state index in [1.165, 1.54) is 25.0 Å². The first-order valence-electron chi connectivity index (χ1n) is 6.63. The van der Waals surface area contributed by atoms with Gasteiger partial charge in [-0.25, -0.2) is 4.39 Å². The molecule has 1 atom stereocenters. The van der Waals surface area contributed by atoms with Crippen LogP contribution in [-0.4, -0.2) is 22.8 Å². The third kappa shape index (κ3) is 2.98. The molecule has 1 unspecified atom stereocenters. The lowest BCUT2D eigenvalue weighted by Gasteiger charge is -2.21. The third-order valence-corrected chi connectivity index (χ3v) is 3.37. The first-order chi connectivity index (χ1) is 9.31. The van der Waals surface area contributed by atoms with Crippen molar-refractivity contribution in [2.75, 3.05) is 6.54 Å². The molecule has 1 aliphatic heterocycles. The molecule has 5 heteroatoms. The predicted molar refractivity (Wildman–Crippen MR) is 69.0 cm³/mol. The topological polar surface area (TPSA) is 51.0 Å². The fourth-order valence-electron chi connectivity index (χ4n) is 2.38. The summed E-state index contributed by atoms with van der Waals surface area (Å²) in [5.41, 5.74) is 0.621. The van der Waals surface area contributed by atoms with Crippen LogP contribution in [0.25, 0.3) is 11.5 Å². The molecule has 1 fully saturated rings. The van der Waals surface area contributed by atoms with Gasteiger partial charge in [-0.05, 0) is 37.6 Å². The van der Waals surface area contributed by atoms with Gasteiger partial charge in [-0.2, -0.15) is 0 Å². The maximum absolute atomic E-state index is 13.1. The average molecular weight is 261 g/mol. The fourth-order valence-corrected chi connectivity index (χ4v) is 2.38. The molecule has 1 aromatic heterocycles. The zero-order chi connectivity index (χ0) is 13.1. The number of aromatic nitrogens is 2. The second kappa shape index (κ2) is 5.48. The number of halogens is 1. The summed E-state index contributed by atoms with van der Waals surface area (Å²) in [6.07, 6.45) is 4.34. The van der Waals surface area contributed by atoms with Gasteiger partial charge >= 0.3 is 0 Å². The van der Waals surface area contributed by atoms with Crippen molar-refractivity contribution in [1.82, 2.24) is 15.5 Å². The van der Waals surface area contributed by atoms with Crippen molar-refractivity contribution < 1.29 is 8.81 Å². The highest BCUT2D eigenvalue weighted by Crippen LogP contribution is 2.20. The Kier molecular flexibility index (Phi) is 3.55. The molecular weight excluding hydrogens is 245 g/mol. The van der Waals surface area contributed by atoms with Crippen LogP contribution in [0.4, 0.5) is 4.39 Å². The molecule has 2 heterocycles. The predicted octanol–water partition coefficient (Wildman–Crippen LogP) is 2.56. The number of hydrogen-bond donors (Lipinski definition) is 1. The average Bonchev–Trinajstić information content (AvgIpc) is 2.88. The molecule has 19 heavy (non-hydrogen) atoms. The van der Waals surface area contributed by atoms with Crippen molar-refractivity contribution in [3.63, 3.8) is 0 Å². The van der Waals surface area contributed by atoms with Crippen LogP contribution >= 0.6 is 0 Å². The molecule has 0 radical (unpaired) electrons. The van der Waals surface area contributed by atoms with Gasteiger partial charge in [-0.1, -0.05) is 12.5 Å². The van der Waals surface area contributed by atoms with E-state index in [1.807, 2.05) is 0 Å². The SMILES string of the molecule is Fc1cccc(-c2nnc(CC3CCCCN3)o2)c1. The molecule has 100 valence electrons. The minimum Gasteiger partial charge on any atom is -0.421 e. The summed E-state index contributed by atoms with van der Waals surface area (Å²) < 4.78 is 18.7. The molecule has 1 saturated heterocycles. The Morgan fingerprint density at radius 1 is 1.32 bits per heavy atom. The lowest BCUT2D eigenvalue weighted by Crippen LogP contribution is -2.35. The van der Waals surface area contributed by atoms with Gasteiger partial charge in [0.05, 0.1) is 0 Å². The van der Waals surface area contributed by atoms with Crippen LogP contribution in [0.15, 0.2) is 28.7 Å². The van der Waals surface area contributed by atoms with Crippen molar-refractivity contribution in [3.05, 3.63) is 36.0 Å². The summed E-state index contributed by atoms with van der Waals surface area (Å²) in [6.45, 7) is 1.05. The maximum atomic E-state index is 13.1. The van der Waals surface area contributed by atoms with E-state index in [1.54, 1.807) is 12.1 Å². The molecule has 1 aromatic carbocycles. The molecule has 4 nitrogen and oxygen atoms in total. The zero-order valence-electron chi connectivity index (χ0n) is 10.6. The highest BCUT2D eigenvalue weighted by molar-refractivity contribution is 5.52. The first kappa shape index (κ1) is 12.3. The standard InChI is InChI=1S/C14H16FN3O/c15-11-5-3-4-10(8-11)14-18-17-13(19-14)9-12-6-1-2-7-16-12/h3-5,8,12,16H,1-2,6-7,9H2. The fraction of sp³-hybridized carbons (Fsp3) is 0.429. The van der Waals surface area contributed by atoms with Gasteiger partial charge in [0.2, 0.25) is 11.8 Å². The number of hydrogen-bond acceptors (Lipinski definition) is 4. The van der Waals surface area contributed by atoms with Crippen molar-refractivity contribution in [2.45, 2.75) is 31.7 Å². The third-order valence-electron chi connectivity index (χ3n) is 3.37. The van der Waals surface area contributed by atoms with Gasteiger partial charge < -0.3 is 9.73 Å². The van der Waals surface area contributed by atoms with Crippen LogP contribution in [-0.2, 0) is 6.42 Å². The minimum atomic E-state index is -0.300. The van der Waals surface area contributed by atoms with E-state index >= 15 is 0 Å². The van der Waals surface area contributed by atoms with Gasteiger partial charge in [0.1, 0.15) is 5.82 Å². The van der Waals surface area contributed by atoms with Crippen LogP contribution < -0.4 is 5.32 Å². The summed E-state index contributed by atoms with van der Waals surface area (Å²) in [6, 6.07) is 6.61. The van der Waals surface area contributed by atoms with Crippen LogP contribution in [0.2, 0.25) is 0 Å². The van der Waals surface area contributed by atoms with Gasteiger partial charge in [-0.15, -0.1) is 10.2 Å². The largest absolute Gasteiger partial charge is 0.421 e. The second-order valence-electron chi connectivity index (χ2n) is 4.86. The Hall–Kier alpha value is -1.75. The van der Waals surface area contributed by atoms with Gasteiger partial charge in [-0.3, -0.25) is 0 Å². The van der Waals surface area contributed by atoms with E-state index < -0.39 is 0 Å². The zero-order valence-corrected chi connectivity index (χ0v) is 10.6. The number of piperidine rings is 1. The Labute approximate surface area is 111 Å². The van der Waals surface area contributed by atoms with E-state index in [9.17, 15) is 4.39 Å². The number of rotatable bonds is 3. The molecule has 1 N–H and O–H groups in total. The summed E-state index contributed by atoms with van der Waals surface area (Å²) in [7, 11) is 0. The molecule has 1 aliphatic rings. The summed E-state index contributed by atoms with van der Waals surface area (Å²) in [5.74, 6) is 0.690. The summed E-state index contributed by atoms with van der Waals surface area (Å²) in [5, 5.41) is 11.5. The van der Waals surface area contributed by atoms with Crippen LogP contribution in [0, 0.1) is 5.82 Å². The first-order valence-corrected chi connectivity index (χ1v) is 6.63. The van der Waals surface area contributed by atoms with Crippen molar-refractivity contribution >= 4 is 0 Å². The number of benzene rings is 1. The van der Waals surface area contributed by atoms with E-state index in [0.717, 1.165) is 19.4 Å². The monoisotopic (exact) mass is 261 g/mol. The van der Waals surface area contributed by atoms with Gasteiger partial charge in [0.25, 0.3) is 0 Å². The smallest absolute Gasteiger partial charge is 0.247 e. The molecule has 0 amide bonds.